The smallest absolute Gasteiger partial charge is 0.164 e. The minimum Gasteiger partial charge on any atom is -0.374 e. The molecule has 0 amide bonds. The Morgan fingerprint density at radius 3 is 2.92 bits per heavy atom. The van der Waals surface area contributed by atoms with Gasteiger partial charge in [-0.2, -0.15) is 0 Å². The van der Waals surface area contributed by atoms with Gasteiger partial charge in [0.2, 0.25) is 0 Å². The zero-order valence-corrected chi connectivity index (χ0v) is 7.58. The average molecular weight is 168 g/mol. The largest absolute Gasteiger partial charge is 0.374 e. The molecule has 0 unspecified atom stereocenters. The normalized spacial score (nSPS) is 41.4. The summed E-state index contributed by atoms with van der Waals surface area (Å²) in [6.07, 6.45) is 5.70. The third-order valence-corrected chi connectivity index (χ3v) is 3.33. The molecule has 2 rings (SSSR count). The second-order valence-corrected chi connectivity index (χ2v) is 4.09. The molecular formula is C10H16O2. The topological polar surface area (TPSA) is 26.3 Å². The fourth-order valence-electron chi connectivity index (χ4n) is 2.66. The Balaban J connectivity index is 2.09. The van der Waals surface area contributed by atoms with Crippen LogP contribution in [0.25, 0.3) is 0 Å². The van der Waals surface area contributed by atoms with Crippen molar-refractivity contribution in [1.82, 2.24) is 0 Å². The summed E-state index contributed by atoms with van der Waals surface area (Å²) in [5.74, 6) is 1.47. The molecule has 0 heterocycles. The summed E-state index contributed by atoms with van der Waals surface area (Å²) >= 11 is 0. The van der Waals surface area contributed by atoms with Gasteiger partial charge in [-0.05, 0) is 25.2 Å². The summed E-state index contributed by atoms with van der Waals surface area (Å²) in [6, 6.07) is 0. The van der Waals surface area contributed by atoms with Gasteiger partial charge in [-0.15, -0.1) is 0 Å². The minimum atomic E-state index is -0.0750. The van der Waals surface area contributed by atoms with Gasteiger partial charge in [0, 0.05) is 13.0 Å². The molecule has 2 bridgehead atoms. The van der Waals surface area contributed by atoms with Crippen molar-refractivity contribution in [2.45, 2.75) is 38.2 Å². The van der Waals surface area contributed by atoms with Gasteiger partial charge >= 0.3 is 0 Å². The Hall–Kier alpha value is -0.370. The Kier molecular flexibility index (Phi) is 2.18. The summed E-state index contributed by atoms with van der Waals surface area (Å²) < 4.78 is 5.19. The molecule has 68 valence electrons. The first kappa shape index (κ1) is 8.24. The predicted octanol–water partition coefficient (Wildman–Crippen LogP) is 1.78. The van der Waals surface area contributed by atoms with Crippen LogP contribution in [0.3, 0.4) is 0 Å². The highest BCUT2D eigenvalue weighted by Crippen LogP contribution is 2.38. The highest BCUT2D eigenvalue weighted by atomic mass is 16.5. The van der Waals surface area contributed by atoms with Crippen molar-refractivity contribution in [2.75, 3.05) is 7.11 Å². The lowest BCUT2D eigenvalue weighted by Crippen LogP contribution is -2.40. The van der Waals surface area contributed by atoms with Crippen LogP contribution < -0.4 is 0 Å². The van der Waals surface area contributed by atoms with Crippen LogP contribution >= 0.6 is 0 Å². The van der Waals surface area contributed by atoms with Crippen LogP contribution in [0.1, 0.15) is 32.1 Å². The van der Waals surface area contributed by atoms with Gasteiger partial charge in [-0.1, -0.05) is 12.8 Å². The number of Topliss-reactive ketones (excluding diaryl/α,β-unsaturated/α-hetero) is 1. The SMILES string of the molecule is CO[C@H]1C[C@H]2CCC[C@H](C2)C1=O. The Bertz CT molecular complexity index is 184. The molecule has 0 N–H and O–H groups in total. The van der Waals surface area contributed by atoms with Crippen LogP contribution in [-0.2, 0) is 9.53 Å². The van der Waals surface area contributed by atoms with E-state index in [2.05, 4.69) is 0 Å². The lowest BCUT2D eigenvalue weighted by Gasteiger charge is -2.36. The fraction of sp³-hybridized carbons (Fsp3) is 0.900. The molecule has 0 aliphatic heterocycles. The van der Waals surface area contributed by atoms with E-state index < -0.39 is 0 Å². The molecule has 12 heavy (non-hydrogen) atoms. The van der Waals surface area contributed by atoms with Gasteiger partial charge in [-0.25, -0.2) is 0 Å². The molecule has 3 atom stereocenters. The van der Waals surface area contributed by atoms with Crippen LogP contribution in [0.2, 0.25) is 0 Å². The van der Waals surface area contributed by atoms with Crippen molar-refractivity contribution in [2.24, 2.45) is 11.8 Å². The van der Waals surface area contributed by atoms with Gasteiger partial charge < -0.3 is 4.74 Å². The van der Waals surface area contributed by atoms with Crippen LogP contribution in [0.15, 0.2) is 0 Å². The quantitative estimate of drug-likeness (QED) is 0.596. The number of fused-ring (bicyclic) bond motifs is 2. The summed E-state index contributed by atoms with van der Waals surface area (Å²) in [6.45, 7) is 0. The summed E-state index contributed by atoms with van der Waals surface area (Å²) in [5, 5.41) is 0. The molecule has 0 saturated heterocycles. The maximum absolute atomic E-state index is 11.6. The third kappa shape index (κ3) is 1.28. The van der Waals surface area contributed by atoms with Crippen molar-refractivity contribution < 1.29 is 9.53 Å². The van der Waals surface area contributed by atoms with Crippen molar-refractivity contribution in [3.8, 4) is 0 Å². The summed E-state index contributed by atoms with van der Waals surface area (Å²) in [4.78, 5) is 11.6. The van der Waals surface area contributed by atoms with Crippen molar-refractivity contribution >= 4 is 5.78 Å². The van der Waals surface area contributed by atoms with E-state index >= 15 is 0 Å². The van der Waals surface area contributed by atoms with E-state index in [0.717, 1.165) is 25.2 Å². The summed E-state index contributed by atoms with van der Waals surface area (Å²) in [5.41, 5.74) is 0. The van der Waals surface area contributed by atoms with E-state index in [1.165, 1.54) is 12.8 Å². The van der Waals surface area contributed by atoms with Gasteiger partial charge in [0.1, 0.15) is 6.10 Å². The van der Waals surface area contributed by atoms with E-state index in [-0.39, 0.29) is 6.10 Å². The zero-order valence-electron chi connectivity index (χ0n) is 7.58. The third-order valence-electron chi connectivity index (χ3n) is 3.33. The van der Waals surface area contributed by atoms with Crippen molar-refractivity contribution in [1.29, 1.82) is 0 Å². The molecule has 2 saturated carbocycles. The number of carbonyl (C=O) groups excluding carboxylic acids is 1. The Labute approximate surface area is 73.3 Å². The molecule has 0 spiro atoms. The minimum absolute atomic E-state index is 0.0750. The standard InChI is InChI=1S/C10H16O2/c1-12-9-6-7-3-2-4-8(5-7)10(9)11/h7-9H,2-6H2,1H3/t7-,8+,9-/m0/s1. The maximum Gasteiger partial charge on any atom is 0.164 e. The Morgan fingerprint density at radius 2 is 2.17 bits per heavy atom. The molecular weight excluding hydrogens is 152 g/mol. The monoisotopic (exact) mass is 168 g/mol. The Morgan fingerprint density at radius 1 is 1.33 bits per heavy atom. The van der Waals surface area contributed by atoms with Crippen molar-refractivity contribution in [3.05, 3.63) is 0 Å². The second kappa shape index (κ2) is 3.17. The average Bonchev–Trinajstić information content (AvgIpc) is 2.12. The van der Waals surface area contributed by atoms with Crippen LogP contribution in [0.5, 0.6) is 0 Å². The number of hydrogen-bond acceptors (Lipinski definition) is 2. The molecule has 0 aromatic heterocycles. The molecule has 2 heteroatoms. The molecule has 2 aliphatic rings. The number of ether oxygens (including phenoxy) is 1. The van der Waals surface area contributed by atoms with Crippen molar-refractivity contribution in [3.63, 3.8) is 0 Å². The van der Waals surface area contributed by atoms with Crippen LogP contribution in [-0.4, -0.2) is 19.0 Å². The molecule has 0 radical (unpaired) electrons. The molecule has 2 fully saturated rings. The lowest BCUT2D eigenvalue weighted by molar-refractivity contribution is -0.140. The number of hydrogen-bond donors (Lipinski definition) is 0. The van der Waals surface area contributed by atoms with Crippen LogP contribution in [0.4, 0.5) is 0 Å². The second-order valence-electron chi connectivity index (χ2n) is 4.09. The number of ketones is 1. The predicted molar refractivity (Wildman–Crippen MR) is 45.9 cm³/mol. The molecule has 2 nitrogen and oxygen atoms in total. The van der Waals surface area contributed by atoms with Gasteiger partial charge in [0.15, 0.2) is 5.78 Å². The summed E-state index contributed by atoms with van der Waals surface area (Å²) in [7, 11) is 1.66. The number of carbonyl (C=O) groups is 1. The maximum atomic E-state index is 11.6. The van der Waals surface area contributed by atoms with E-state index in [9.17, 15) is 4.79 Å². The first-order valence-electron chi connectivity index (χ1n) is 4.87. The number of methoxy groups -OCH3 is 1. The molecule has 0 aromatic carbocycles. The van der Waals surface area contributed by atoms with E-state index in [1.54, 1.807) is 7.11 Å². The number of rotatable bonds is 1. The molecule has 2 aliphatic carbocycles. The van der Waals surface area contributed by atoms with E-state index in [0.29, 0.717) is 11.7 Å². The first-order valence-corrected chi connectivity index (χ1v) is 4.87. The highest BCUT2D eigenvalue weighted by Gasteiger charge is 2.38. The first-order chi connectivity index (χ1) is 5.81. The highest BCUT2D eigenvalue weighted by molar-refractivity contribution is 5.86. The van der Waals surface area contributed by atoms with Gasteiger partial charge in [-0.3, -0.25) is 4.79 Å². The zero-order chi connectivity index (χ0) is 8.55. The van der Waals surface area contributed by atoms with Crippen LogP contribution in [0, 0.1) is 11.8 Å². The lowest BCUT2D eigenvalue weighted by atomic mass is 9.70. The van der Waals surface area contributed by atoms with E-state index in [1.807, 2.05) is 0 Å². The van der Waals surface area contributed by atoms with E-state index in [4.69, 9.17) is 4.74 Å². The van der Waals surface area contributed by atoms with Gasteiger partial charge in [0.25, 0.3) is 0 Å². The van der Waals surface area contributed by atoms with Gasteiger partial charge in [0.05, 0.1) is 0 Å². The fourth-order valence-corrected chi connectivity index (χ4v) is 2.66. The molecule has 0 aromatic rings.